The SMILES string of the molecule is CN(C)C1(C(=O)N[C@H]2CC[C@@H](n3c(=O)c4cc(F)cnc4n(-c4cccc(-c5ccc(CN6CCN(CCO)CC6)cc5)c4)c3=O)CC2)CC1. The number of piperazine rings is 1. The standard InChI is InChI=1S/C38H46FN7O4/c1-42(2)38(14-15-38)36(49)41-30-10-12-31(13-11-30)46-35(48)33-23-29(39)24-40-34(33)45(37(46)50)32-5-3-4-28(22-32)27-8-6-26(7-9-27)25-44-18-16-43(17-19-44)20-21-47/h3-9,22-24,30-31,47H,10-21,25H2,1-2H3,(H,41,49)/t30-,31+. The molecule has 4 aromatic rings. The van der Waals surface area contributed by atoms with E-state index >= 15 is 0 Å². The Morgan fingerprint density at radius 2 is 1.66 bits per heavy atom. The van der Waals surface area contributed by atoms with Crippen LogP contribution in [0.25, 0.3) is 27.8 Å². The molecular weight excluding hydrogens is 637 g/mol. The normalized spacial score (nSPS) is 21.1. The predicted octanol–water partition coefficient (Wildman–Crippen LogP) is 3.16. The van der Waals surface area contributed by atoms with E-state index in [4.69, 9.17) is 0 Å². The quantitative estimate of drug-likeness (QED) is 0.262. The van der Waals surface area contributed by atoms with Gasteiger partial charge in [0.1, 0.15) is 5.82 Å². The van der Waals surface area contributed by atoms with E-state index in [0.717, 1.165) is 75.5 Å². The number of hydrogen-bond acceptors (Lipinski definition) is 8. The largest absolute Gasteiger partial charge is 0.395 e. The van der Waals surface area contributed by atoms with Gasteiger partial charge in [0.2, 0.25) is 5.91 Å². The number of aliphatic hydroxyl groups excluding tert-OH is 1. The summed E-state index contributed by atoms with van der Waals surface area (Å²) in [5.74, 6) is -0.603. The van der Waals surface area contributed by atoms with Crippen LogP contribution in [0.3, 0.4) is 0 Å². The predicted molar refractivity (Wildman–Crippen MR) is 191 cm³/mol. The van der Waals surface area contributed by atoms with E-state index < -0.39 is 22.6 Å². The number of fused-ring (bicyclic) bond motifs is 1. The average Bonchev–Trinajstić information content (AvgIpc) is 3.94. The van der Waals surface area contributed by atoms with Gasteiger partial charge in [-0.2, -0.15) is 0 Å². The van der Waals surface area contributed by atoms with Crippen molar-refractivity contribution in [2.75, 3.05) is 53.4 Å². The fourth-order valence-corrected chi connectivity index (χ4v) is 7.73. The number of amides is 1. The van der Waals surface area contributed by atoms with Gasteiger partial charge in [-0.05, 0) is 87.5 Å². The van der Waals surface area contributed by atoms with Gasteiger partial charge in [0.25, 0.3) is 5.56 Å². The van der Waals surface area contributed by atoms with Crippen LogP contribution in [0.2, 0.25) is 0 Å². The summed E-state index contributed by atoms with van der Waals surface area (Å²) < 4.78 is 17.2. The number of hydrogen-bond donors (Lipinski definition) is 2. The Balaban J connectivity index is 1.13. The Bertz CT molecular complexity index is 1970. The second kappa shape index (κ2) is 14.2. The van der Waals surface area contributed by atoms with Crippen molar-refractivity contribution in [3.05, 3.63) is 93.0 Å². The molecule has 0 spiro atoms. The van der Waals surface area contributed by atoms with Crippen LogP contribution < -0.4 is 16.6 Å². The Hall–Kier alpha value is -4.23. The molecule has 0 atom stereocenters. The van der Waals surface area contributed by atoms with Crippen LogP contribution >= 0.6 is 0 Å². The highest BCUT2D eigenvalue weighted by atomic mass is 19.1. The van der Waals surface area contributed by atoms with E-state index in [1.807, 2.05) is 37.2 Å². The zero-order valence-electron chi connectivity index (χ0n) is 28.9. The molecule has 0 bridgehead atoms. The number of rotatable bonds is 10. The van der Waals surface area contributed by atoms with Gasteiger partial charge in [0.05, 0.1) is 29.4 Å². The minimum Gasteiger partial charge on any atom is -0.395 e. The van der Waals surface area contributed by atoms with Crippen molar-refractivity contribution in [3.8, 4) is 16.8 Å². The van der Waals surface area contributed by atoms with Gasteiger partial charge in [-0.25, -0.2) is 18.7 Å². The van der Waals surface area contributed by atoms with Crippen molar-refractivity contribution in [2.45, 2.75) is 62.7 Å². The fourth-order valence-electron chi connectivity index (χ4n) is 7.73. The first-order valence-electron chi connectivity index (χ1n) is 17.7. The third-order valence-corrected chi connectivity index (χ3v) is 11.0. The Morgan fingerprint density at radius 3 is 2.32 bits per heavy atom. The summed E-state index contributed by atoms with van der Waals surface area (Å²) in [6, 6.07) is 16.7. The highest BCUT2D eigenvalue weighted by molar-refractivity contribution is 5.89. The van der Waals surface area contributed by atoms with E-state index in [0.29, 0.717) is 31.4 Å². The molecule has 3 fully saturated rings. The van der Waals surface area contributed by atoms with Gasteiger partial charge in [0, 0.05) is 51.4 Å². The number of likely N-dealkylation sites (N-methyl/N-ethyl adjacent to an activating group) is 1. The minimum atomic E-state index is -0.645. The fraction of sp³-hybridized carbons (Fsp3) is 0.474. The highest BCUT2D eigenvalue weighted by Crippen LogP contribution is 2.41. The Labute approximate surface area is 290 Å². The number of carbonyl (C=O) groups is 1. The number of β-amino-alcohol motifs (C(OH)–C–C–N with tert-alkyl or cyclic N) is 1. The second-order valence-electron chi connectivity index (χ2n) is 14.3. The maximum absolute atomic E-state index is 14.5. The summed E-state index contributed by atoms with van der Waals surface area (Å²) in [6.45, 7) is 5.58. The lowest BCUT2D eigenvalue weighted by Crippen LogP contribution is -2.50. The number of nitrogens with zero attached hydrogens (tertiary/aromatic N) is 6. The van der Waals surface area contributed by atoms with Gasteiger partial charge < -0.3 is 10.4 Å². The molecule has 264 valence electrons. The lowest BCUT2D eigenvalue weighted by molar-refractivity contribution is -0.128. The van der Waals surface area contributed by atoms with E-state index in [1.165, 1.54) is 14.7 Å². The number of benzene rings is 2. The third-order valence-electron chi connectivity index (χ3n) is 11.0. The number of pyridine rings is 1. The van der Waals surface area contributed by atoms with Crippen LogP contribution in [0.15, 0.2) is 70.4 Å². The second-order valence-corrected chi connectivity index (χ2v) is 14.3. The van der Waals surface area contributed by atoms with Crippen molar-refractivity contribution in [3.63, 3.8) is 0 Å². The molecule has 2 aromatic heterocycles. The summed E-state index contributed by atoms with van der Waals surface area (Å²) >= 11 is 0. The molecule has 1 aliphatic heterocycles. The Kier molecular flexibility index (Phi) is 9.71. The van der Waals surface area contributed by atoms with Crippen molar-refractivity contribution < 1.29 is 14.3 Å². The first-order valence-corrected chi connectivity index (χ1v) is 17.7. The van der Waals surface area contributed by atoms with Crippen molar-refractivity contribution >= 4 is 16.9 Å². The molecule has 12 heteroatoms. The van der Waals surface area contributed by atoms with Gasteiger partial charge in [-0.15, -0.1) is 0 Å². The van der Waals surface area contributed by atoms with E-state index in [2.05, 4.69) is 44.4 Å². The van der Waals surface area contributed by atoms with Crippen LogP contribution in [-0.4, -0.2) is 105 Å². The topological polar surface area (TPSA) is 116 Å². The summed E-state index contributed by atoms with van der Waals surface area (Å²) in [6.07, 6.45) is 5.06. The first kappa shape index (κ1) is 34.2. The zero-order chi connectivity index (χ0) is 35.0. The summed E-state index contributed by atoms with van der Waals surface area (Å²) in [4.78, 5) is 52.1. The molecule has 3 heterocycles. The average molecular weight is 684 g/mol. The number of aliphatic hydroxyl groups is 1. The molecule has 2 saturated carbocycles. The van der Waals surface area contributed by atoms with Crippen LogP contribution in [-0.2, 0) is 11.3 Å². The minimum absolute atomic E-state index is 0.0289. The van der Waals surface area contributed by atoms with E-state index in [-0.39, 0.29) is 35.6 Å². The van der Waals surface area contributed by atoms with Crippen LogP contribution in [0.5, 0.6) is 0 Å². The van der Waals surface area contributed by atoms with Crippen LogP contribution in [0, 0.1) is 5.82 Å². The molecule has 2 aliphatic carbocycles. The van der Waals surface area contributed by atoms with Crippen molar-refractivity contribution in [1.82, 2.24) is 34.1 Å². The zero-order valence-corrected chi connectivity index (χ0v) is 28.9. The number of carbonyl (C=O) groups excluding carboxylic acids is 1. The van der Waals surface area contributed by atoms with E-state index in [9.17, 15) is 23.9 Å². The van der Waals surface area contributed by atoms with Crippen LogP contribution in [0.1, 0.15) is 50.1 Å². The summed E-state index contributed by atoms with van der Waals surface area (Å²) in [7, 11) is 3.85. The van der Waals surface area contributed by atoms with E-state index in [1.54, 1.807) is 6.07 Å². The molecule has 11 nitrogen and oxygen atoms in total. The maximum Gasteiger partial charge on any atom is 0.337 e. The molecule has 3 aliphatic rings. The molecule has 0 unspecified atom stereocenters. The molecule has 2 N–H and O–H groups in total. The summed E-state index contributed by atoms with van der Waals surface area (Å²) in [5, 5.41) is 12.5. The Morgan fingerprint density at radius 1 is 0.960 bits per heavy atom. The van der Waals surface area contributed by atoms with Crippen molar-refractivity contribution in [2.24, 2.45) is 0 Å². The monoisotopic (exact) mass is 683 g/mol. The number of nitrogens with one attached hydrogen (secondary N) is 1. The van der Waals surface area contributed by atoms with Gasteiger partial charge in [0.15, 0.2) is 5.65 Å². The highest BCUT2D eigenvalue weighted by Gasteiger charge is 2.52. The molecular formula is C38H46FN7O4. The molecule has 0 radical (unpaired) electrons. The van der Waals surface area contributed by atoms with Crippen molar-refractivity contribution in [1.29, 1.82) is 0 Å². The lowest BCUT2D eigenvalue weighted by Gasteiger charge is -2.34. The molecule has 50 heavy (non-hydrogen) atoms. The third kappa shape index (κ3) is 6.77. The summed E-state index contributed by atoms with van der Waals surface area (Å²) in [5.41, 5.74) is 2.25. The number of halogens is 1. The lowest BCUT2D eigenvalue weighted by atomic mass is 9.90. The molecule has 7 rings (SSSR count). The van der Waals surface area contributed by atoms with Gasteiger partial charge in [-0.1, -0.05) is 36.4 Å². The molecule has 1 saturated heterocycles. The van der Waals surface area contributed by atoms with Gasteiger partial charge >= 0.3 is 5.69 Å². The number of aromatic nitrogens is 3. The maximum atomic E-state index is 14.5. The molecule has 2 aromatic carbocycles. The molecule has 1 amide bonds. The smallest absolute Gasteiger partial charge is 0.337 e. The van der Waals surface area contributed by atoms with Crippen LogP contribution in [0.4, 0.5) is 4.39 Å². The van der Waals surface area contributed by atoms with Gasteiger partial charge in [-0.3, -0.25) is 28.9 Å². The first-order chi connectivity index (χ1) is 24.2.